The highest BCUT2D eigenvalue weighted by atomic mass is 16.4. The molecule has 0 unspecified atom stereocenters. The molecule has 4 N–H and O–H groups in total. The van der Waals surface area contributed by atoms with Gasteiger partial charge in [0.25, 0.3) is 0 Å². The van der Waals surface area contributed by atoms with E-state index < -0.39 is 34.6 Å². The maximum atomic E-state index is 13.2. The van der Waals surface area contributed by atoms with Gasteiger partial charge in [-0.25, -0.2) is 9.59 Å². The molecule has 0 spiro atoms. The molecule has 0 amide bonds. The highest BCUT2D eigenvalue weighted by molar-refractivity contribution is 6.20. The molecule has 5 rings (SSSR count). The van der Waals surface area contributed by atoms with Crippen LogP contribution in [0.3, 0.4) is 0 Å². The highest BCUT2D eigenvalue weighted by Gasteiger charge is 2.28. The monoisotopic (exact) mass is 452 g/mol. The van der Waals surface area contributed by atoms with E-state index in [-0.39, 0.29) is 22.5 Å². The van der Waals surface area contributed by atoms with E-state index in [0.717, 1.165) is 22.9 Å². The SMILES string of the molecule is O=C(O)c1cc(C(=O)c2cc3ccccc3[nH]2)c(C(=O)O)cc1C(=O)c1cc2ccccc2[nH]1. The summed E-state index contributed by atoms with van der Waals surface area (Å²) in [5.41, 5.74) is -0.0291. The molecule has 8 heteroatoms. The summed E-state index contributed by atoms with van der Waals surface area (Å²) in [6, 6.07) is 19.3. The Morgan fingerprint density at radius 3 is 1.26 bits per heavy atom. The minimum absolute atomic E-state index is 0.106. The molecule has 34 heavy (non-hydrogen) atoms. The molecule has 0 aliphatic rings. The number of nitrogens with one attached hydrogen (secondary N) is 2. The van der Waals surface area contributed by atoms with Gasteiger partial charge in [-0.3, -0.25) is 9.59 Å². The van der Waals surface area contributed by atoms with Crippen molar-refractivity contribution in [1.82, 2.24) is 9.97 Å². The number of rotatable bonds is 6. The minimum Gasteiger partial charge on any atom is -0.478 e. The van der Waals surface area contributed by atoms with Crippen molar-refractivity contribution in [3.63, 3.8) is 0 Å². The lowest BCUT2D eigenvalue weighted by Crippen LogP contribution is -2.17. The number of benzene rings is 3. The van der Waals surface area contributed by atoms with Gasteiger partial charge in [-0.15, -0.1) is 0 Å². The molecule has 2 aromatic heterocycles. The van der Waals surface area contributed by atoms with Crippen molar-refractivity contribution in [2.45, 2.75) is 0 Å². The number of hydrogen-bond donors (Lipinski definition) is 4. The van der Waals surface area contributed by atoms with Crippen molar-refractivity contribution in [3.8, 4) is 0 Å². The third kappa shape index (κ3) is 3.43. The van der Waals surface area contributed by atoms with E-state index in [1.165, 1.54) is 0 Å². The van der Waals surface area contributed by atoms with Gasteiger partial charge in [-0.05, 0) is 36.4 Å². The maximum absolute atomic E-state index is 13.2. The quantitative estimate of drug-likeness (QED) is 0.280. The molecule has 0 saturated carbocycles. The van der Waals surface area contributed by atoms with E-state index in [0.29, 0.717) is 11.0 Å². The van der Waals surface area contributed by atoms with Crippen molar-refractivity contribution < 1.29 is 29.4 Å². The van der Waals surface area contributed by atoms with Gasteiger partial charge in [0, 0.05) is 32.9 Å². The first-order valence-corrected chi connectivity index (χ1v) is 10.2. The number of aromatic nitrogens is 2. The third-order valence-corrected chi connectivity index (χ3v) is 5.66. The van der Waals surface area contributed by atoms with E-state index in [1.54, 1.807) is 60.7 Å². The van der Waals surface area contributed by atoms with Gasteiger partial charge in [0.1, 0.15) is 0 Å². The second-order valence-electron chi connectivity index (χ2n) is 7.75. The maximum Gasteiger partial charge on any atom is 0.336 e. The largest absolute Gasteiger partial charge is 0.478 e. The Hall–Kier alpha value is -4.98. The second-order valence-corrected chi connectivity index (χ2v) is 7.75. The Morgan fingerprint density at radius 1 is 0.529 bits per heavy atom. The number of fused-ring (bicyclic) bond motifs is 2. The van der Waals surface area contributed by atoms with Gasteiger partial charge >= 0.3 is 11.9 Å². The molecule has 166 valence electrons. The topological polar surface area (TPSA) is 140 Å². The average molecular weight is 452 g/mol. The average Bonchev–Trinajstić information content (AvgIpc) is 3.46. The summed E-state index contributed by atoms with van der Waals surface area (Å²) in [4.78, 5) is 56.3. The Morgan fingerprint density at radius 2 is 0.912 bits per heavy atom. The summed E-state index contributed by atoms with van der Waals surface area (Å²) in [5, 5.41) is 21.1. The summed E-state index contributed by atoms with van der Waals surface area (Å²) >= 11 is 0. The van der Waals surface area contributed by atoms with Crippen molar-refractivity contribution in [2.24, 2.45) is 0 Å². The normalized spacial score (nSPS) is 11.1. The Kier molecular flexibility index (Phi) is 4.83. The van der Waals surface area contributed by atoms with Crippen molar-refractivity contribution >= 4 is 45.3 Å². The number of para-hydroxylation sites is 2. The molecule has 0 bridgehead atoms. The fourth-order valence-corrected chi connectivity index (χ4v) is 4.01. The van der Waals surface area contributed by atoms with Gasteiger partial charge in [-0.1, -0.05) is 36.4 Å². The molecular formula is C26H16N2O6. The third-order valence-electron chi connectivity index (χ3n) is 5.66. The van der Waals surface area contributed by atoms with E-state index in [2.05, 4.69) is 9.97 Å². The fourth-order valence-electron chi connectivity index (χ4n) is 4.01. The number of carbonyl (C=O) groups is 4. The van der Waals surface area contributed by atoms with Crippen molar-refractivity contribution in [2.75, 3.05) is 0 Å². The van der Waals surface area contributed by atoms with Crippen LogP contribution in [0, 0.1) is 0 Å². The number of carboxylic acids is 2. The van der Waals surface area contributed by atoms with Crippen LogP contribution in [0.2, 0.25) is 0 Å². The number of H-pyrrole nitrogens is 2. The Balaban J connectivity index is 1.66. The molecule has 8 nitrogen and oxygen atoms in total. The van der Waals surface area contributed by atoms with Crippen LogP contribution in [0.5, 0.6) is 0 Å². The van der Waals surface area contributed by atoms with Crippen LogP contribution >= 0.6 is 0 Å². The van der Waals surface area contributed by atoms with Crippen molar-refractivity contribution in [1.29, 1.82) is 0 Å². The van der Waals surface area contributed by atoms with Crippen LogP contribution < -0.4 is 0 Å². The van der Waals surface area contributed by atoms with Gasteiger partial charge < -0.3 is 20.2 Å². The zero-order valence-electron chi connectivity index (χ0n) is 17.5. The number of carbonyl (C=O) groups excluding carboxylic acids is 2. The smallest absolute Gasteiger partial charge is 0.336 e. The number of carboxylic acid groups (broad SMARTS) is 2. The summed E-state index contributed by atoms with van der Waals surface area (Å²) in [5.74, 6) is -4.30. The van der Waals surface area contributed by atoms with E-state index in [1.807, 2.05) is 0 Å². The molecule has 5 aromatic rings. The first-order valence-electron chi connectivity index (χ1n) is 10.2. The number of hydrogen-bond acceptors (Lipinski definition) is 4. The lowest BCUT2D eigenvalue weighted by atomic mass is 9.92. The van der Waals surface area contributed by atoms with Gasteiger partial charge in [0.2, 0.25) is 11.6 Å². The number of aromatic carboxylic acids is 2. The van der Waals surface area contributed by atoms with Crippen LogP contribution in [0.15, 0.2) is 72.8 Å². The highest BCUT2D eigenvalue weighted by Crippen LogP contribution is 2.26. The molecule has 3 aromatic carbocycles. The minimum atomic E-state index is -1.46. The zero-order chi connectivity index (χ0) is 24.0. The molecule has 2 heterocycles. The summed E-state index contributed by atoms with van der Waals surface area (Å²) in [6.45, 7) is 0. The number of ketones is 2. The van der Waals surface area contributed by atoms with Crippen LogP contribution in [-0.4, -0.2) is 43.7 Å². The van der Waals surface area contributed by atoms with Crippen LogP contribution in [0.25, 0.3) is 21.8 Å². The first kappa shape index (κ1) is 20.9. The van der Waals surface area contributed by atoms with Gasteiger partial charge in [0.05, 0.1) is 22.5 Å². The molecule has 0 atom stereocenters. The number of aromatic amines is 2. The van der Waals surface area contributed by atoms with Crippen LogP contribution in [0.4, 0.5) is 0 Å². The first-order chi connectivity index (χ1) is 16.3. The van der Waals surface area contributed by atoms with Crippen LogP contribution in [0.1, 0.15) is 52.8 Å². The summed E-state index contributed by atoms with van der Waals surface area (Å²) in [7, 11) is 0. The molecule has 0 saturated heterocycles. The molecule has 0 radical (unpaired) electrons. The van der Waals surface area contributed by atoms with Gasteiger partial charge in [-0.2, -0.15) is 0 Å². The lowest BCUT2D eigenvalue weighted by molar-refractivity contribution is 0.0677. The summed E-state index contributed by atoms with van der Waals surface area (Å²) < 4.78 is 0. The Labute approximate surface area is 191 Å². The molecular weight excluding hydrogens is 436 g/mol. The van der Waals surface area contributed by atoms with Crippen molar-refractivity contribution in [3.05, 3.63) is 106 Å². The fraction of sp³-hybridized carbons (Fsp3) is 0. The predicted octanol–water partition coefficient (Wildman–Crippen LogP) is 4.51. The lowest BCUT2D eigenvalue weighted by Gasteiger charge is -2.11. The summed E-state index contributed by atoms with van der Waals surface area (Å²) in [6.07, 6.45) is 0. The standard InChI is InChI=1S/C26H16N2O6/c29-23(21-9-13-5-1-3-7-19(13)27-21)15-11-18(26(33)34)16(12-17(15)25(31)32)24(30)22-10-14-6-2-4-8-20(14)28-22/h1-12,27-28H,(H,31,32)(H,33,34). The van der Waals surface area contributed by atoms with E-state index >= 15 is 0 Å². The molecule has 0 aliphatic carbocycles. The molecule has 0 fully saturated rings. The Bertz CT molecular complexity index is 1470. The van der Waals surface area contributed by atoms with E-state index in [4.69, 9.17) is 0 Å². The van der Waals surface area contributed by atoms with Gasteiger partial charge in [0.15, 0.2) is 0 Å². The molecule has 0 aliphatic heterocycles. The van der Waals surface area contributed by atoms with Crippen LogP contribution in [-0.2, 0) is 0 Å². The zero-order valence-corrected chi connectivity index (χ0v) is 17.5. The predicted molar refractivity (Wildman–Crippen MR) is 124 cm³/mol. The second kappa shape index (κ2) is 7.86. The van der Waals surface area contributed by atoms with E-state index in [9.17, 15) is 29.4 Å².